The molecule has 0 radical (unpaired) electrons. The lowest BCUT2D eigenvalue weighted by Crippen LogP contribution is -2.25. The van der Waals surface area contributed by atoms with E-state index in [1.54, 1.807) is 0 Å². The molecule has 0 aliphatic carbocycles. The van der Waals surface area contributed by atoms with E-state index in [-0.39, 0.29) is 0 Å². The molecule has 0 unspecified atom stereocenters. The van der Waals surface area contributed by atoms with Gasteiger partial charge in [-0.1, -0.05) is 0 Å². The van der Waals surface area contributed by atoms with E-state index in [0.29, 0.717) is 6.04 Å². The maximum Gasteiger partial charge on any atom is 0.126 e. The zero-order valence-electron chi connectivity index (χ0n) is 9.12. The van der Waals surface area contributed by atoms with Crippen LogP contribution in [0.5, 0.6) is 0 Å². The topological polar surface area (TPSA) is 47.1 Å². The van der Waals surface area contributed by atoms with Crippen molar-refractivity contribution in [1.29, 1.82) is 0 Å². The summed E-state index contributed by atoms with van der Waals surface area (Å²) in [6.07, 6.45) is 0. The van der Waals surface area contributed by atoms with Crippen molar-refractivity contribution in [3.63, 3.8) is 0 Å². The number of hydrogen-bond donors (Lipinski definition) is 1. The molecule has 4 nitrogen and oxygen atoms in total. The highest BCUT2D eigenvalue weighted by molar-refractivity contribution is 5.45. The average molecular weight is 194 g/mol. The highest BCUT2D eigenvalue weighted by atomic mass is 15.3. The normalized spacial score (nSPS) is 16.6. The van der Waals surface area contributed by atoms with Crippen molar-refractivity contribution >= 4 is 5.82 Å². The molecule has 1 aromatic rings. The molecule has 0 fully saturated rings. The first-order valence-corrected chi connectivity index (χ1v) is 5.21. The van der Waals surface area contributed by atoms with Crippen molar-refractivity contribution < 1.29 is 0 Å². The van der Waals surface area contributed by atoms with Crippen molar-refractivity contribution in [3.8, 4) is 0 Å². The second-order valence-electron chi connectivity index (χ2n) is 4.12. The van der Waals surface area contributed by atoms with E-state index in [9.17, 15) is 0 Å². The molecule has 0 aromatic carbocycles. The number of nitrogen functional groups attached to an aromatic ring is 1. The summed E-state index contributed by atoms with van der Waals surface area (Å²) < 4.78 is 1.89. The number of aryl methyl sites for hydroxylation is 1. The van der Waals surface area contributed by atoms with E-state index in [4.69, 9.17) is 5.73 Å². The van der Waals surface area contributed by atoms with Crippen LogP contribution in [-0.4, -0.2) is 20.7 Å². The van der Waals surface area contributed by atoms with E-state index < -0.39 is 0 Å². The number of nitrogens with zero attached hydrogens (tertiary/aromatic N) is 3. The third-order valence-corrected chi connectivity index (χ3v) is 2.92. The van der Waals surface area contributed by atoms with Crippen LogP contribution in [0.25, 0.3) is 0 Å². The Morgan fingerprint density at radius 3 is 2.64 bits per heavy atom. The van der Waals surface area contributed by atoms with Crippen LogP contribution >= 0.6 is 0 Å². The first kappa shape index (κ1) is 9.52. The maximum atomic E-state index is 6.00. The van der Waals surface area contributed by atoms with Crippen molar-refractivity contribution in [2.45, 2.75) is 46.4 Å². The zero-order chi connectivity index (χ0) is 10.3. The van der Waals surface area contributed by atoms with Crippen molar-refractivity contribution in [2.24, 2.45) is 0 Å². The molecule has 0 atom stereocenters. The number of anilines is 1. The summed E-state index contributed by atoms with van der Waals surface area (Å²) in [7, 11) is 0. The van der Waals surface area contributed by atoms with E-state index in [2.05, 4.69) is 30.8 Å². The Balaban J connectivity index is 2.26. The molecule has 4 heteroatoms. The van der Waals surface area contributed by atoms with Gasteiger partial charge in [-0.15, -0.1) is 0 Å². The van der Waals surface area contributed by atoms with E-state index >= 15 is 0 Å². The van der Waals surface area contributed by atoms with Crippen molar-refractivity contribution in [2.75, 3.05) is 5.73 Å². The molecule has 0 saturated carbocycles. The third kappa shape index (κ3) is 1.30. The molecule has 1 aliphatic heterocycles. The molecule has 2 heterocycles. The Kier molecular flexibility index (Phi) is 2.23. The Morgan fingerprint density at radius 2 is 2.14 bits per heavy atom. The first-order chi connectivity index (χ1) is 6.63. The van der Waals surface area contributed by atoms with Crippen LogP contribution in [0.4, 0.5) is 5.82 Å². The molecule has 0 amide bonds. The van der Waals surface area contributed by atoms with Gasteiger partial charge in [-0.05, 0) is 20.8 Å². The fourth-order valence-electron chi connectivity index (χ4n) is 1.92. The maximum absolute atomic E-state index is 6.00. The molecule has 1 aromatic heterocycles. The second-order valence-corrected chi connectivity index (χ2v) is 4.12. The van der Waals surface area contributed by atoms with Gasteiger partial charge in [-0.2, -0.15) is 5.10 Å². The second kappa shape index (κ2) is 3.28. The highest BCUT2D eigenvalue weighted by Crippen LogP contribution is 2.28. The number of fused-ring (bicyclic) bond motifs is 1. The number of hydrogen-bond acceptors (Lipinski definition) is 3. The van der Waals surface area contributed by atoms with E-state index in [1.165, 1.54) is 5.56 Å². The summed E-state index contributed by atoms with van der Waals surface area (Å²) >= 11 is 0. The lowest BCUT2D eigenvalue weighted by molar-refractivity contribution is 0.224. The van der Waals surface area contributed by atoms with Crippen LogP contribution in [0.15, 0.2) is 0 Å². The minimum absolute atomic E-state index is 0.568. The molecule has 78 valence electrons. The lowest BCUT2D eigenvalue weighted by Gasteiger charge is -2.19. The minimum Gasteiger partial charge on any atom is -0.384 e. The van der Waals surface area contributed by atoms with Gasteiger partial charge < -0.3 is 5.73 Å². The van der Waals surface area contributed by atoms with Crippen molar-refractivity contribution in [3.05, 3.63) is 11.3 Å². The highest BCUT2D eigenvalue weighted by Gasteiger charge is 2.27. The first-order valence-electron chi connectivity index (χ1n) is 5.21. The minimum atomic E-state index is 0.568. The van der Waals surface area contributed by atoms with E-state index in [0.717, 1.165) is 31.1 Å². The molecular weight excluding hydrogens is 176 g/mol. The zero-order valence-corrected chi connectivity index (χ0v) is 9.12. The summed E-state index contributed by atoms with van der Waals surface area (Å²) in [5.41, 5.74) is 8.40. The third-order valence-electron chi connectivity index (χ3n) is 2.92. The molecule has 0 saturated heterocycles. The average Bonchev–Trinajstić information content (AvgIpc) is 2.66. The molecule has 0 spiro atoms. The summed E-state index contributed by atoms with van der Waals surface area (Å²) in [6, 6.07) is 0.568. The Bertz CT molecular complexity index is 340. The van der Waals surface area contributed by atoms with Gasteiger partial charge in [0.2, 0.25) is 0 Å². The standard InChI is InChI=1S/C10H18N4/c1-4-14-10(11)8-5-13(7(2)3)6-9(8)12-14/h7H,4-6,11H2,1-3H3. The van der Waals surface area contributed by atoms with Gasteiger partial charge in [0.1, 0.15) is 5.82 Å². The summed E-state index contributed by atoms with van der Waals surface area (Å²) in [6.45, 7) is 9.24. The van der Waals surface area contributed by atoms with Gasteiger partial charge in [0.25, 0.3) is 0 Å². The monoisotopic (exact) mass is 194 g/mol. The van der Waals surface area contributed by atoms with Crippen LogP contribution in [0.2, 0.25) is 0 Å². The molecule has 14 heavy (non-hydrogen) atoms. The number of rotatable bonds is 2. The van der Waals surface area contributed by atoms with Crippen LogP contribution in [0.1, 0.15) is 32.0 Å². The molecule has 2 rings (SSSR count). The fourth-order valence-corrected chi connectivity index (χ4v) is 1.92. The van der Waals surface area contributed by atoms with Gasteiger partial charge in [-0.3, -0.25) is 4.90 Å². The molecule has 2 N–H and O–H groups in total. The quantitative estimate of drug-likeness (QED) is 0.769. The summed E-state index contributed by atoms with van der Waals surface area (Å²) in [4.78, 5) is 2.38. The number of aromatic nitrogens is 2. The molecule has 1 aliphatic rings. The summed E-state index contributed by atoms with van der Waals surface area (Å²) in [5.74, 6) is 0.852. The Labute approximate surface area is 84.7 Å². The Morgan fingerprint density at radius 1 is 1.43 bits per heavy atom. The Hall–Kier alpha value is -1.03. The largest absolute Gasteiger partial charge is 0.384 e. The van der Waals surface area contributed by atoms with Gasteiger partial charge >= 0.3 is 0 Å². The van der Waals surface area contributed by atoms with Crippen LogP contribution < -0.4 is 5.73 Å². The van der Waals surface area contributed by atoms with Crippen LogP contribution in [0.3, 0.4) is 0 Å². The summed E-state index contributed by atoms with van der Waals surface area (Å²) in [5, 5.41) is 4.49. The van der Waals surface area contributed by atoms with Gasteiger partial charge in [0, 0.05) is 31.2 Å². The molecule has 0 bridgehead atoms. The van der Waals surface area contributed by atoms with Crippen LogP contribution in [0, 0.1) is 0 Å². The van der Waals surface area contributed by atoms with Gasteiger partial charge in [-0.25, -0.2) is 4.68 Å². The predicted octanol–water partition coefficient (Wildman–Crippen LogP) is 1.21. The fraction of sp³-hybridized carbons (Fsp3) is 0.700. The van der Waals surface area contributed by atoms with Gasteiger partial charge in [0.15, 0.2) is 0 Å². The van der Waals surface area contributed by atoms with Gasteiger partial charge in [0.05, 0.1) is 5.69 Å². The lowest BCUT2D eigenvalue weighted by atomic mass is 10.3. The predicted molar refractivity (Wildman–Crippen MR) is 56.7 cm³/mol. The van der Waals surface area contributed by atoms with E-state index in [1.807, 2.05) is 4.68 Å². The molecular formula is C10H18N4. The van der Waals surface area contributed by atoms with Crippen LogP contribution in [-0.2, 0) is 19.6 Å². The smallest absolute Gasteiger partial charge is 0.126 e. The SMILES string of the molecule is CCn1nc2c(c1N)CN(C(C)C)C2. The van der Waals surface area contributed by atoms with Crippen molar-refractivity contribution in [1.82, 2.24) is 14.7 Å². The number of nitrogens with two attached hydrogens (primary N) is 1.